The number of benzene rings is 1. The van der Waals surface area contributed by atoms with Gasteiger partial charge >= 0.3 is 18.3 Å². The van der Waals surface area contributed by atoms with Crippen LogP contribution in [0.5, 0.6) is 0 Å². The van der Waals surface area contributed by atoms with E-state index in [2.05, 4.69) is 5.10 Å². The van der Waals surface area contributed by atoms with Gasteiger partial charge in [-0.05, 0) is 32.0 Å². The number of carbonyl (C=O) groups excluding carboxylic acids is 1. The number of aliphatic hydroxyl groups is 1. The lowest BCUT2D eigenvalue weighted by atomic mass is 9.92. The molecule has 0 spiro atoms. The van der Waals surface area contributed by atoms with E-state index in [-0.39, 0.29) is 25.1 Å². The molecular weight excluding hydrogens is 406 g/mol. The highest BCUT2D eigenvalue weighted by Gasteiger charge is 2.71. The maximum Gasteiger partial charge on any atom is 0.430 e. The zero-order valence-corrected chi connectivity index (χ0v) is 15.4. The maximum atomic E-state index is 13.0. The number of aryl methyl sites for hydroxylation is 2. The fraction of sp³-hybridized carbons (Fsp3) is 0.444. The summed E-state index contributed by atoms with van der Waals surface area (Å²) in [5, 5.41) is 13.6. The Hall–Kier alpha value is -2.56. The minimum Gasteiger partial charge on any atom is -0.466 e. The number of rotatable bonds is 6. The number of hydrogen-bond donors (Lipinski definition) is 1. The molecule has 0 fully saturated rings. The maximum absolute atomic E-state index is 13.0. The summed E-state index contributed by atoms with van der Waals surface area (Å²) >= 11 is 0. The van der Waals surface area contributed by atoms with Gasteiger partial charge in [0.05, 0.1) is 24.4 Å². The second-order valence-corrected chi connectivity index (χ2v) is 6.25. The van der Waals surface area contributed by atoms with E-state index in [0.717, 1.165) is 12.1 Å². The minimum absolute atomic E-state index is 0.0768. The van der Waals surface area contributed by atoms with E-state index in [0.29, 0.717) is 23.5 Å². The molecule has 11 heteroatoms. The van der Waals surface area contributed by atoms with E-state index < -0.39 is 29.5 Å². The zero-order chi connectivity index (χ0) is 22.0. The minimum atomic E-state index is -5.95. The summed E-state index contributed by atoms with van der Waals surface area (Å²) in [7, 11) is 0. The highest BCUT2D eigenvalue weighted by molar-refractivity contribution is 5.69. The Kier molecular flexibility index (Phi) is 6.31. The number of carbonyl (C=O) groups is 1. The molecule has 1 aromatic heterocycles. The van der Waals surface area contributed by atoms with Gasteiger partial charge in [0.1, 0.15) is 0 Å². The van der Waals surface area contributed by atoms with Crippen molar-refractivity contribution in [2.75, 3.05) is 6.61 Å². The first-order valence-corrected chi connectivity index (χ1v) is 8.49. The Balaban J connectivity index is 2.30. The van der Waals surface area contributed by atoms with Gasteiger partial charge in [0.25, 0.3) is 5.60 Å². The van der Waals surface area contributed by atoms with Crippen molar-refractivity contribution in [2.45, 2.75) is 44.6 Å². The third kappa shape index (κ3) is 4.55. The van der Waals surface area contributed by atoms with Gasteiger partial charge in [-0.3, -0.25) is 4.79 Å². The SMILES string of the molecule is CCOC(=O)CCc1cc(C)n(-c2ccc(C(O)(C(F)(F)F)C(F)(F)F)cc2)n1. The molecule has 0 atom stereocenters. The highest BCUT2D eigenvalue weighted by Crippen LogP contribution is 2.50. The molecular formula is C18H18F6N2O3. The number of alkyl halides is 6. The summed E-state index contributed by atoms with van der Waals surface area (Å²) in [5.41, 5.74) is -5.09. The van der Waals surface area contributed by atoms with Crippen molar-refractivity contribution in [3.63, 3.8) is 0 Å². The molecule has 0 amide bonds. The largest absolute Gasteiger partial charge is 0.466 e. The van der Waals surface area contributed by atoms with Crippen molar-refractivity contribution in [3.8, 4) is 5.69 Å². The molecule has 0 aliphatic carbocycles. The van der Waals surface area contributed by atoms with Gasteiger partial charge in [-0.1, -0.05) is 12.1 Å². The van der Waals surface area contributed by atoms with Crippen LogP contribution in [0.3, 0.4) is 0 Å². The molecule has 1 N–H and O–H groups in total. The number of esters is 1. The summed E-state index contributed by atoms with van der Waals surface area (Å²) < 4.78 is 83.9. The van der Waals surface area contributed by atoms with E-state index in [1.54, 1.807) is 19.9 Å². The molecule has 0 unspecified atom stereocenters. The Morgan fingerprint density at radius 3 is 2.14 bits per heavy atom. The van der Waals surface area contributed by atoms with Crippen LogP contribution in [0.2, 0.25) is 0 Å². The van der Waals surface area contributed by atoms with Crippen LogP contribution in [0.4, 0.5) is 26.3 Å². The molecule has 0 saturated heterocycles. The molecule has 1 heterocycles. The molecule has 0 bridgehead atoms. The summed E-state index contributed by atoms with van der Waals surface area (Å²) in [6, 6.07) is 4.72. The van der Waals surface area contributed by atoms with Gasteiger partial charge in [-0.2, -0.15) is 31.4 Å². The first-order valence-electron chi connectivity index (χ1n) is 8.49. The first kappa shape index (κ1) is 22.7. The van der Waals surface area contributed by atoms with Crippen LogP contribution in [-0.4, -0.2) is 39.8 Å². The fourth-order valence-electron chi connectivity index (χ4n) is 2.72. The molecule has 2 aromatic rings. The fourth-order valence-corrected chi connectivity index (χ4v) is 2.72. The Labute approximate surface area is 161 Å². The van der Waals surface area contributed by atoms with E-state index in [4.69, 9.17) is 4.74 Å². The van der Waals surface area contributed by atoms with Crippen LogP contribution in [0.25, 0.3) is 5.69 Å². The van der Waals surface area contributed by atoms with Crippen molar-refractivity contribution < 1.29 is 41.0 Å². The van der Waals surface area contributed by atoms with Gasteiger partial charge in [-0.25, -0.2) is 4.68 Å². The average molecular weight is 424 g/mol. The lowest BCUT2D eigenvalue weighted by molar-refractivity contribution is -0.376. The van der Waals surface area contributed by atoms with E-state index in [1.807, 2.05) is 0 Å². The van der Waals surface area contributed by atoms with Crippen molar-refractivity contribution in [1.82, 2.24) is 9.78 Å². The van der Waals surface area contributed by atoms with Gasteiger partial charge in [0.15, 0.2) is 0 Å². The lowest BCUT2D eigenvalue weighted by Gasteiger charge is -2.32. The monoisotopic (exact) mass is 424 g/mol. The van der Waals surface area contributed by atoms with Crippen LogP contribution in [0, 0.1) is 6.92 Å². The van der Waals surface area contributed by atoms with Crippen LogP contribution in [-0.2, 0) is 21.6 Å². The molecule has 5 nitrogen and oxygen atoms in total. The van der Waals surface area contributed by atoms with Crippen molar-refractivity contribution >= 4 is 5.97 Å². The summed E-state index contributed by atoms with van der Waals surface area (Å²) in [4.78, 5) is 11.4. The van der Waals surface area contributed by atoms with Gasteiger partial charge in [0.2, 0.25) is 0 Å². The van der Waals surface area contributed by atoms with Crippen molar-refractivity contribution in [2.24, 2.45) is 0 Å². The standard InChI is InChI=1S/C18H18F6N2O3/c1-3-29-15(27)9-6-13-10-11(2)26(25-13)14-7-4-12(5-8-14)16(28,17(19,20)21)18(22,23)24/h4-5,7-8,10,28H,3,6,9H2,1-2H3. The molecule has 1 aromatic carbocycles. The predicted octanol–water partition coefficient (Wildman–Crippen LogP) is 3.99. The van der Waals surface area contributed by atoms with Crippen LogP contribution in [0.15, 0.2) is 30.3 Å². The van der Waals surface area contributed by atoms with Crippen molar-refractivity contribution in [1.29, 1.82) is 0 Å². The number of ether oxygens (including phenoxy) is 1. The van der Waals surface area contributed by atoms with Crippen LogP contribution in [0.1, 0.15) is 30.3 Å². The zero-order valence-electron chi connectivity index (χ0n) is 15.4. The number of aromatic nitrogens is 2. The van der Waals surface area contributed by atoms with Gasteiger partial charge in [-0.15, -0.1) is 0 Å². The third-order valence-corrected chi connectivity index (χ3v) is 4.18. The number of halogens is 6. The smallest absolute Gasteiger partial charge is 0.430 e. The summed E-state index contributed by atoms with van der Waals surface area (Å²) in [6.45, 7) is 3.54. The van der Waals surface area contributed by atoms with Gasteiger partial charge in [0, 0.05) is 17.7 Å². The van der Waals surface area contributed by atoms with Crippen LogP contribution < -0.4 is 0 Å². The third-order valence-electron chi connectivity index (χ3n) is 4.18. The van der Waals surface area contributed by atoms with Crippen LogP contribution >= 0.6 is 0 Å². The van der Waals surface area contributed by atoms with E-state index in [1.165, 1.54) is 4.68 Å². The molecule has 2 rings (SSSR count). The summed E-state index contributed by atoms with van der Waals surface area (Å²) in [6.07, 6.45) is -11.6. The Bertz CT molecular complexity index is 842. The lowest BCUT2D eigenvalue weighted by Crippen LogP contribution is -2.53. The molecule has 29 heavy (non-hydrogen) atoms. The van der Waals surface area contributed by atoms with E-state index >= 15 is 0 Å². The topological polar surface area (TPSA) is 64.3 Å². The van der Waals surface area contributed by atoms with Gasteiger partial charge < -0.3 is 9.84 Å². The number of nitrogens with zero attached hydrogens (tertiary/aromatic N) is 2. The second-order valence-electron chi connectivity index (χ2n) is 6.25. The summed E-state index contributed by atoms with van der Waals surface area (Å²) in [5.74, 6) is -0.414. The number of hydrogen-bond acceptors (Lipinski definition) is 4. The molecule has 160 valence electrons. The van der Waals surface area contributed by atoms with E-state index in [9.17, 15) is 36.2 Å². The predicted molar refractivity (Wildman–Crippen MR) is 89.3 cm³/mol. The first-order chi connectivity index (χ1) is 13.3. The van der Waals surface area contributed by atoms with Crippen molar-refractivity contribution in [3.05, 3.63) is 47.3 Å². The molecule has 0 radical (unpaired) electrons. The Morgan fingerprint density at radius 2 is 1.66 bits per heavy atom. The molecule has 0 saturated carbocycles. The molecule has 0 aliphatic rings. The Morgan fingerprint density at radius 1 is 1.10 bits per heavy atom. The second kappa shape index (κ2) is 8.05. The quantitative estimate of drug-likeness (QED) is 0.563. The molecule has 0 aliphatic heterocycles. The average Bonchev–Trinajstić information content (AvgIpc) is 2.98. The highest BCUT2D eigenvalue weighted by atomic mass is 19.4. The normalized spacial score (nSPS) is 12.9.